The molecule has 2 heterocycles. The van der Waals surface area contributed by atoms with Gasteiger partial charge in [0.25, 0.3) is 0 Å². The maximum absolute atomic E-state index is 6.10. The zero-order chi connectivity index (χ0) is 13.1. The van der Waals surface area contributed by atoms with Crippen molar-refractivity contribution in [1.82, 2.24) is 5.32 Å². The summed E-state index contributed by atoms with van der Waals surface area (Å²) in [6, 6.07) is 2.10. The molecule has 3 heteroatoms. The van der Waals surface area contributed by atoms with Gasteiger partial charge in [0.15, 0.2) is 0 Å². The van der Waals surface area contributed by atoms with Crippen molar-refractivity contribution in [2.75, 3.05) is 19.7 Å². The van der Waals surface area contributed by atoms with Crippen LogP contribution in [0.25, 0.3) is 0 Å². The number of nitrogens with one attached hydrogen (secondary N) is 1. The Hall–Kier alpha value is -0.800. The van der Waals surface area contributed by atoms with Crippen LogP contribution >= 0.6 is 0 Å². The second-order valence-electron chi connectivity index (χ2n) is 6.23. The van der Waals surface area contributed by atoms with Crippen molar-refractivity contribution in [1.29, 1.82) is 0 Å². The first-order valence-corrected chi connectivity index (χ1v) is 7.67. The summed E-state index contributed by atoms with van der Waals surface area (Å²) in [7, 11) is 0. The molecule has 1 aliphatic carbocycles. The normalized spacial score (nSPS) is 30.9. The molecule has 106 valence electrons. The van der Waals surface area contributed by atoms with E-state index in [1.54, 1.807) is 6.26 Å². The van der Waals surface area contributed by atoms with Crippen LogP contribution in [-0.2, 0) is 11.2 Å². The molecule has 0 amide bonds. The SMILES string of the molecule is CCCNCC1(Cc2ccoc2)CCOC1C1CC1. The van der Waals surface area contributed by atoms with Crippen molar-refractivity contribution < 1.29 is 9.15 Å². The summed E-state index contributed by atoms with van der Waals surface area (Å²) in [6.07, 6.45) is 10.3. The van der Waals surface area contributed by atoms with Gasteiger partial charge >= 0.3 is 0 Å². The highest BCUT2D eigenvalue weighted by atomic mass is 16.5. The molecule has 0 radical (unpaired) electrons. The van der Waals surface area contributed by atoms with Gasteiger partial charge in [-0.2, -0.15) is 0 Å². The molecule has 1 saturated carbocycles. The molecular formula is C16H25NO2. The number of rotatable bonds is 7. The Balaban J connectivity index is 1.73. The van der Waals surface area contributed by atoms with Gasteiger partial charge in [-0.15, -0.1) is 0 Å². The molecule has 1 aromatic heterocycles. The van der Waals surface area contributed by atoms with Gasteiger partial charge in [-0.3, -0.25) is 0 Å². The smallest absolute Gasteiger partial charge is 0.0934 e. The molecule has 1 N–H and O–H groups in total. The van der Waals surface area contributed by atoms with Gasteiger partial charge in [0.05, 0.1) is 18.6 Å². The Kier molecular flexibility index (Phi) is 3.94. The van der Waals surface area contributed by atoms with Gasteiger partial charge in [-0.25, -0.2) is 0 Å². The van der Waals surface area contributed by atoms with Gasteiger partial charge in [0, 0.05) is 18.6 Å². The van der Waals surface area contributed by atoms with E-state index in [2.05, 4.69) is 18.3 Å². The van der Waals surface area contributed by atoms with Gasteiger partial charge < -0.3 is 14.5 Å². The fraction of sp³-hybridized carbons (Fsp3) is 0.750. The molecule has 2 atom stereocenters. The average Bonchev–Trinajstić information content (AvgIpc) is 2.97. The molecular weight excluding hydrogens is 238 g/mol. The molecule has 2 aliphatic rings. The van der Waals surface area contributed by atoms with E-state index >= 15 is 0 Å². The largest absolute Gasteiger partial charge is 0.472 e. The van der Waals surface area contributed by atoms with Crippen LogP contribution in [0.4, 0.5) is 0 Å². The van der Waals surface area contributed by atoms with Crippen LogP contribution in [0.1, 0.15) is 38.2 Å². The average molecular weight is 263 g/mol. The molecule has 1 saturated heterocycles. The number of ether oxygens (including phenoxy) is 1. The first kappa shape index (κ1) is 13.2. The molecule has 2 fully saturated rings. The summed E-state index contributed by atoms with van der Waals surface area (Å²) in [4.78, 5) is 0. The van der Waals surface area contributed by atoms with Crippen LogP contribution < -0.4 is 5.32 Å². The lowest BCUT2D eigenvalue weighted by molar-refractivity contribution is 0.0306. The highest BCUT2D eigenvalue weighted by Gasteiger charge is 2.50. The second kappa shape index (κ2) is 5.68. The second-order valence-corrected chi connectivity index (χ2v) is 6.23. The molecule has 0 spiro atoms. The third kappa shape index (κ3) is 2.87. The number of hydrogen-bond donors (Lipinski definition) is 1. The summed E-state index contributed by atoms with van der Waals surface area (Å²) < 4.78 is 11.3. The van der Waals surface area contributed by atoms with Crippen LogP contribution in [-0.4, -0.2) is 25.8 Å². The van der Waals surface area contributed by atoms with E-state index in [1.807, 2.05) is 6.26 Å². The van der Waals surface area contributed by atoms with Crippen LogP contribution in [0.3, 0.4) is 0 Å². The number of hydrogen-bond acceptors (Lipinski definition) is 3. The van der Waals surface area contributed by atoms with E-state index in [-0.39, 0.29) is 5.41 Å². The molecule has 0 bridgehead atoms. The molecule has 3 nitrogen and oxygen atoms in total. The van der Waals surface area contributed by atoms with Crippen molar-refractivity contribution in [3.8, 4) is 0 Å². The van der Waals surface area contributed by atoms with E-state index in [1.165, 1.54) is 31.2 Å². The highest BCUT2D eigenvalue weighted by Crippen LogP contribution is 2.49. The van der Waals surface area contributed by atoms with E-state index in [0.29, 0.717) is 6.10 Å². The lowest BCUT2D eigenvalue weighted by atomic mass is 9.74. The molecule has 1 aliphatic heterocycles. The van der Waals surface area contributed by atoms with Gasteiger partial charge in [-0.05, 0) is 56.2 Å². The van der Waals surface area contributed by atoms with Crippen molar-refractivity contribution in [2.45, 2.75) is 45.1 Å². The monoisotopic (exact) mass is 263 g/mol. The molecule has 0 aromatic carbocycles. The third-order valence-corrected chi connectivity index (χ3v) is 4.59. The predicted octanol–water partition coefficient (Wildman–Crippen LogP) is 3.01. The Morgan fingerprint density at radius 2 is 2.32 bits per heavy atom. The Bertz CT molecular complexity index is 385. The van der Waals surface area contributed by atoms with Crippen LogP contribution in [0.2, 0.25) is 0 Å². The summed E-state index contributed by atoms with van der Waals surface area (Å²) in [5.74, 6) is 0.804. The molecule has 2 unspecified atom stereocenters. The van der Waals surface area contributed by atoms with Crippen LogP contribution in [0, 0.1) is 11.3 Å². The Morgan fingerprint density at radius 1 is 1.42 bits per heavy atom. The zero-order valence-electron chi connectivity index (χ0n) is 11.9. The first-order valence-electron chi connectivity index (χ1n) is 7.67. The van der Waals surface area contributed by atoms with Gasteiger partial charge in [-0.1, -0.05) is 6.92 Å². The van der Waals surface area contributed by atoms with Crippen LogP contribution in [0.15, 0.2) is 23.0 Å². The maximum Gasteiger partial charge on any atom is 0.0934 e. The quantitative estimate of drug-likeness (QED) is 0.768. The predicted molar refractivity (Wildman–Crippen MR) is 75.1 cm³/mol. The Morgan fingerprint density at radius 3 is 3.00 bits per heavy atom. The van der Waals surface area contributed by atoms with Crippen molar-refractivity contribution in [2.24, 2.45) is 11.3 Å². The fourth-order valence-electron chi connectivity index (χ4n) is 3.50. The van der Waals surface area contributed by atoms with Crippen molar-refractivity contribution >= 4 is 0 Å². The van der Waals surface area contributed by atoms with Gasteiger partial charge in [0.2, 0.25) is 0 Å². The molecule has 1 aromatic rings. The summed E-state index contributed by atoms with van der Waals surface area (Å²) in [5, 5.41) is 3.63. The van der Waals surface area contributed by atoms with Crippen LogP contribution in [0.5, 0.6) is 0 Å². The molecule has 3 rings (SSSR count). The minimum absolute atomic E-state index is 0.278. The van der Waals surface area contributed by atoms with Gasteiger partial charge in [0.1, 0.15) is 0 Å². The zero-order valence-corrected chi connectivity index (χ0v) is 11.9. The van der Waals surface area contributed by atoms with E-state index in [4.69, 9.17) is 9.15 Å². The minimum Gasteiger partial charge on any atom is -0.472 e. The number of furan rings is 1. The Labute approximate surface area is 115 Å². The maximum atomic E-state index is 6.10. The topological polar surface area (TPSA) is 34.4 Å². The summed E-state index contributed by atoms with van der Waals surface area (Å²) >= 11 is 0. The van der Waals surface area contributed by atoms with Crippen molar-refractivity contribution in [3.63, 3.8) is 0 Å². The standard InChI is InChI=1S/C16H25NO2/c1-2-7-17-12-16(10-13-5-8-18-11-13)6-9-19-15(16)14-3-4-14/h5,8,11,14-15,17H,2-4,6-7,9-10,12H2,1H3. The van der Waals surface area contributed by atoms with Crippen molar-refractivity contribution in [3.05, 3.63) is 24.2 Å². The molecule has 19 heavy (non-hydrogen) atoms. The first-order chi connectivity index (χ1) is 9.34. The third-order valence-electron chi connectivity index (χ3n) is 4.59. The summed E-state index contributed by atoms with van der Waals surface area (Å²) in [5.41, 5.74) is 1.59. The minimum atomic E-state index is 0.278. The van der Waals surface area contributed by atoms with E-state index < -0.39 is 0 Å². The lowest BCUT2D eigenvalue weighted by Gasteiger charge is -2.34. The summed E-state index contributed by atoms with van der Waals surface area (Å²) in [6.45, 7) is 5.32. The van der Waals surface area contributed by atoms with E-state index in [9.17, 15) is 0 Å². The van der Waals surface area contributed by atoms with E-state index in [0.717, 1.165) is 32.0 Å². The fourth-order valence-corrected chi connectivity index (χ4v) is 3.50. The lowest BCUT2D eigenvalue weighted by Crippen LogP contribution is -2.43. The highest BCUT2D eigenvalue weighted by molar-refractivity contribution is 5.13.